The van der Waals surface area contributed by atoms with Gasteiger partial charge in [0.15, 0.2) is 0 Å². The summed E-state index contributed by atoms with van der Waals surface area (Å²) in [6.07, 6.45) is 0.0758. The number of nitro groups is 1. The summed E-state index contributed by atoms with van der Waals surface area (Å²) < 4.78 is 0. The molecule has 23 heavy (non-hydrogen) atoms. The summed E-state index contributed by atoms with van der Waals surface area (Å²) in [5.74, 6) is -0.515. The largest absolute Gasteiger partial charge is 0.325 e. The fourth-order valence-corrected chi connectivity index (χ4v) is 2.01. The molecule has 0 saturated heterocycles. The summed E-state index contributed by atoms with van der Waals surface area (Å²) in [7, 11) is 0. The van der Waals surface area contributed by atoms with Crippen LogP contribution in [0.25, 0.3) is 0 Å². The maximum absolute atomic E-state index is 12.1. The zero-order chi connectivity index (χ0) is 16.8. The van der Waals surface area contributed by atoms with Gasteiger partial charge in [-0.3, -0.25) is 19.7 Å². The molecule has 2 aromatic rings. The van der Waals surface area contributed by atoms with Gasteiger partial charge in [0, 0.05) is 19.1 Å². The van der Waals surface area contributed by atoms with Crippen molar-refractivity contribution >= 4 is 28.9 Å². The number of benzene rings is 2. The lowest BCUT2D eigenvalue weighted by atomic mass is 10.1. The first-order valence-electron chi connectivity index (χ1n) is 6.85. The molecule has 2 amide bonds. The van der Waals surface area contributed by atoms with Gasteiger partial charge in [0.2, 0.25) is 11.8 Å². The van der Waals surface area contributed by atoms with Crippen LogP contribution < -0.4 is 10.6 Å². The highest BCUT2D eigenvalue weighted by Gasteiger charge is 2.10. The Balaban J connectivity index is 2.05. The minimum Gasteiger partial charge on any atom is -0.325 e. The lowest BCUT2D eigenvalue weighted by Crippen LogP contribution is -2.16. The van der Waals surface area contributed by atoms with Crippen LogP contribution in [0.1, 0.15) is 12.5 Å². The van der Waals surface area contributed by atoms with E-state index in [0.717, 1.165) is 0 Å². The summed E-state index contributed by atoms with van der Waals surface area (Å²) in [6, 6.07) is 12.6. The zero-order valence-electron chi connectivity index (χ0n) is 12.4. The van der Waals surface area contributed by atoms with Crippen molar-refractivity contribution < 1.29 is 14.5 Å². The van der Waals surface area contributed by atoms with Crippen molar-refractivity contribution in [3.8, 4) is 0 Å². The van der Waals surface area contributed by atoms with Crippen LogP contribution in [0.4, 0.5) is 17.1 Å². The normalized spacial score (nSPS) is 9.96. The van der Waals surface area contributed by atoms with Crippen LogP contribution in [0.5, 0.6) is 0 Å². The highest BCUT2D eigenvalue weighted by Crippen LogP contribution is 2.21. The Morgan fingerprint density at radius 3 is 2.09 bits per heavy atom. The molecule has 2 rings (SSSR count). The van der Waals surface area contributed by atoms with Gasteiger partial charge in [0.1, 0.15) is 0 Å². The third-order valence-corrected chi connectivity index (χ3v) is 3.02. The third-order valence-electron chi connectivity index (χ3n) is 3.02. The van der Waals surface area contributed by atoms with Crippen molar-refractivity contribution in [3.63, 3.8) is 0 Å². The molecular weight excluding hydrogens is 298 g/mol. The van der Waals surface area contributed by atoms with Crippen molar-refractivity contribution in [1.82, 2.24) is 0 Å². The first-order chi connectivity index (χ1) is 11.0. The minimum absolute atomic E-state index is 0.0230. The van der Waals surface area contributed by atoms with E-state index in [0.29, 0.717) is 16.9 Å². The summed E-state index contributed by atoms with van der Waals surface area (Å²) in [5.41, 5.74) is 1.64. The van der Waals surface area contributed by atoms with E-state index in [-0.39, 0.29) is 23.9 Å². The molecular formula is C16H15N3O4. The van der Waals surface area contributed by atoms with Gasteiger partial charge in [-0.25, -0.2) is 0 Å². The van der Waals surface area contributed by atoms with Gasteiger partial charge >= 0.3 is 0 Å². The van der Waals surface area contributed by atoms with Crippen molar-refractivity contribution in [3.05, 3.63) is 64.2 Å². The minimum atomic E-state index is -0.493. The average Bonchev–Trinajstić information content (AvgIpc) is 2.49. The second-order valence-corrected chi connectivity index (χ2v) is 4.88. The molecule has 0 heterocycles. The first-order valence-corrected chi connectivity index (χ1v) is 6.85. The van der Waals surface area contributed by atoms with E-state index in [4.69, 9.17) is 0 Å². The average molecular weight is 313 g/mol. The van der Waals surface area contributed by atoms with E-state index < -0.39 is 4.92 Å². The fraction of sp³-hybridized carbons (Fsp3) is 0.125. The number of para-hydroxylation sites is 2. The number of hydrogen-bond donors (Lipinski definition) is 2. The van der Waals surface area contributed by atoms with Crippen molar-refractivity contribution in [2.45, 2.75) is 13.3 Å². The number of rotatable bonds is 5. The highest BCUT2D eigenvalue weighted by molar-refractivity contribution is 5.99. The second kappa shape index (κ2) is 7.17. The number of nitrogens with one attached hydrogen (secondary N) is 2. The highest BCUT2D eigenvalue weighted by atomic mass is 16.6. The first kappa shape index (κ1) is 16.2. The van der Waals surface area contributed by atoms with Crippen LogP contribution in [0.15, 0.2) is 48.5 Å². The van der Waals surface area contributed by atoms with Crippen molar-refractivity contribution in [2.24, 2.45) is 0 Å². The third kappa shape index (κ3) is 4.63. The summed E-state index contributed by atoms with van der Waals surface area (Å²) in [5, 5.41) is 15.9. The summed E-state index contributed by atoms with van der Waals surface area (Å²) >= 11 is 0. The molecule has 0 saturated carbocycles. The Morgan fingerprint density at radius 1 is 1.00 bits per heavy atom. The number of amides is 2. The van der Waals surface area contributed by atoms with E-state index in [2.05, 4.69) is 10.6 Å². The van der Waals surface area contributed by atoms with Gasteiger partial charge in [-0.15, -0.1) is 0 Å². The van der Waals surface area contributed by atoms with E-state index in [1.165, 1.54) is 31.2 Å². The maximum Gasteiger partial charge on any atom is 0.269 e. The molecule has 2 N–H and O–H groups in total. The SMILES string of the molecule is CC(=O)Nc1ccccc1NC(=O)Cc1ccc([N+](=O)[O-])cc1. The van der Waals surface area contributed by atoms with Crippen LogP contribution in [0.2, 0.25) is 0 Å². The summed E-state index contributed by atoms with van der Waals surface area (Å²) in [4.78, 5) is 33.3. The monoisotopic (exact) mass is 313 g/mol. The Morgan fingerprint density at radius 2 is 1.57 bits per heavy atom. The maximum atomic E-state index is 12.1. The molecule has 0 spiro atoms. The molecule has 0 aliphatic carbocycles. The fourth-order valence-electron chi connectivity index (χ4n) is 2.01. The van der Waals surface area contributed by atoms with Gasteiger partial charge in [0.05, 0.1) is 22.7 Å². The Bertz CT molecular complexity index is 741. The molecule has 0 radical (unpaired) electrons. The van der Waals surface area contributed by atoms with Crippen LogP contribution in [0, 0.1) is 10.1 Å². The van der Waals surface area contributed by atoms with Gasteiger partial charge in [0.25, 0.3) is 5.69 Å². The molecule has 0 bridgehead atoms. The standard InChI is InChI=1S/C16H15N3O4/c1-11(20)17-14-4-2-3-5-15(14)18-16(21)10-12-6-8-13(9-7-12)19(22)23/h2-9H,10H2,1H3,(H,17,20)(H,18,21). The Labute approximate surface area is 132 Å². The number of nitro benzene ring substituents is 1. The topological polar surface area (TPSA) is 101 Å². The van der Waals surface area contributed by atoms with Crippen LogP contribution in [-0.2, 0) is 16.0 Å². The molecule has 2 aromatic carbocycles. The van der Waals surface area contributed by atoms with E-state index >= 15 is 0 Å². The molecule has 0 aromatic heterocycles. The molecule has 118 valence electrons. The molecule has 0 aliphatic heterocycles. The molecule has 7 heteroatoms. The quantitative estimate of drug-likeness (QED) is 0.654. The number of hydrogen-bond acceptors (Lipinski definition) is 4. The van der Waals surface area contributed by atoms with Crippen LogP contribution in [-0.4, -0.2) is 16.7 Å². The zero-order valence-corrected chi connectivity index (χ0v) is 12.4. The Kier molecular flexibility index (Phi) is 5.03. The lowest BCUT2D eigenvalue weighted by molar-refractivity contribution is -0.384. The summed E-state index contributed by atoms with van der Waals surface area (Å²) in [6.45, 7) is 1.38. The molecule has 0 unspecified atom stereocenters. The van der Waals surface area contributed by atoms with Crippen LogP contribution in [0.3, 0.4) is 0 Å². The van der Waals surface area contributed by atoms with Gasteiger partial charge in [-0.2, -0.15) is 0 Å². The van der Waals surface area contributed by atoms with Crippen LogP contribution >= 0.6 is 0 Å². The number of carbonyl (C=O) groups excluding carboxylic acids is 2. The molecule has 0 atom stereocenters. The molecule has 0 fully saturated rings. The number of non-ortho nitro benzene ring substituents is 1. The van der Waals surface area contributed by atoms with Gasteiger partial charge in [-0.1, -0.05) is 24.3 Å². The van der Waals surface area contributed by atoms with Crippen molar-refractivity contribution in [1.29, 1.82) is 0 Å². The second-order valence-electron chi connectivity index (χ2n) is 4.88. The smallest absolute Gasteiger partial charge is 0.269 e. The predicted molar refractivity (Wildman–Crippen MR) is 86.2 cm³/mol. The number of carbonyl (C=O) groups is 2. The van der Waals surface area contributed by atoms with Gasteiger partial charge in [-0.05, 0) is 17.7 Å². The van der Waals surface area contributed by atoms with E-state index in [9.17, 15) is 19.7 Å². The van der Waals surface area contributed by atoms with Crippen molar-refractivity contribution in [2.75, 3.05) is 10.6 Å². The molecule has 0 aliphatic rings. The van der Waals surface area contributed by atoms with E-state index in [1.54, 1.807) is 24.3 Å². The predicted octanol–water partition coefficient (Wildman–Crippen LogP) is 2.73. The molecule has 7 nitrogen and oxygen atoms in total. The lowest BCUT2D eigenvalue weighted by Gasteiger charge is -2.11. The number of anilines is 2. The number of nitrogens with zero attached hydrogens (tertiary/aromatic N) is 1. The Hall–Kier alpha value is -3.22. The van der Waals surface area contributed by atoms with E-state index in [1.807, 2.05) is 0 Å². The van der Waals surface area contributed by atoms with Gasteiger partial charge < -0.3 is 10.6 Å².